The summed E-state index contributed by atoms with van der Waals surface area (Å²) in [4.78, 5) is 3.05. The van der Waals surface area contributed by atoms with Gasteiger partial charge in [0.05, 0.1) is 0 Å². The SMILES string of the molecule is [B]c1c([B])c([B])c2c([nH]c3c([B])c([B])c([B])c([B])c32)c1[B]. The fourth-order valence-corrected chi connectivity index (χ4v) is 2.56. The molecule has 0 aliphatic rings. The third-order valence-corrected chi connectivity index (χ3v) is 3.82. The third kappa shape index (κ3) is 1.76. The Balaban J connectivity index is 2.73. The summed E-state index contributed by atoms with van der Waals surface area (Å²) in [5.74, 6) is 0. The number of nitrogens with one attached hydrogen (secondary N) is 1. The zero-order chi connectivity index (χ0) is 15.6. The van der Waals surface area contributed by atoms with Crippen LogP contribution in [0.15, 0.2) is 0 Å². The second kappa shape index (κ2) is 4.63. The molecule has 0 aliphatic carbocycles. The molecule has 0 saturated carbocycles. The van der Waals surface area contributed by atoms with E-state index in [9.17, 15) is 0 Å². The molecule has 2 aromatic carbocycles. The lowest BCUT2D eigenvalue weighted by atomic mass is 9.63. The number of aromatic nitrogens is 1. The highest BCUT2D eigenvalue weighted by Gasteiger charge is 2.17. The van der Waals surface area contributed by atoms with E-state index in [1.54, 1.807) is 0 Å². The molecular formula is C12HB8N. The zero-order valence-corrected chi connectivity index (χ0v) is 11.1. The summed E-state index contributed by atoms with van der Waals surface area (Å²) in [6, 6.07) is 0. The quantitative estimate of drug-likeness (QED) is 0.380. The van der Waals surface area contributed by atoms with E-state index < -0.39 is 0 Å². The van der Waals surface area contributed by atoms with Gasteiger partial charge in [-0.15, -0.1) is 21.9 Å². The fraction of sp³-hybridized carbons (Fsp3) is 0. The lowest BCUT2D eigenvalue weighted by Crippen LogP contribution is -2.49. The molecule has 1 N–H and O–H groups in total. The average Bonchev–Trinajstić information content (AvgIpc) is 2.87. The normalized spacial score (nSPS) is 11.4. The minimum atomic E-state index is 0.189. The van der Waals surface area contributed by atoms with Gasteiger partial charge in [0.1, 0.15) is 62.8 Å². The number of fused-ring (bicyclic) bond motifs is 3. The predicted octanol–water partition coefficient (Wildman–Crippen LogP) is -6.33. The molecule has 0 saturated heterocycles. The van der Waals surface area contributed by atoms with E-state index >= 15 is 0 Å². The molecule has 78 valence electrons. The van der Waals surface area contributed by atoms with Crippen LogP contribution in [0.5, 0.6) is 0 Å². The number of hydrogen-bond acceptors (Lipinski definition) is 0. The first-order chi connectivity index (χ1) is 9.77. The molecule has 0 bridgehead atoms. The standard InChI is InChI=1S/C12HB8N/c13-3-1-2-4(14)6(16)8(18)10(20)12(2)21-11(1)9(19)7(17)5(3)15/h21H. The highest BCUT2D eigenvalue weighted by molar-refractivity contribution is 6.71. The summed E-state index contributed by atoms with van der Waals surface area (Å²) in [5, 5.41) is 1.07. The summed E-state index contributed by atoms with van der Waals surface area (Å²) in [7, 11) is 47.6. The van der Waals surface area contributed by atoms with Crippen LogP contribution in [0.3, 0.4) is 0 Å². The highest BCUT2D eigenvalue weighted by Crippen LogP contribution is 2.17. The monoisotopic (exact) mass is 247 g/mol. The molecule has 1 nitrogen and oxygen atoms in total. The summed E-state index contributed by atoms with van der Waals surface area (Å²) in [6.07, 6.45) is 0. The zero-order valence-electron chi connectivity index (χ0n) is 11.1. The molecule has 3 rings (SSSR count). The lowest BCUT2D eigenvalue weighted by Gasteiger charge is -2.15. The van der Waals surface area contributed by atoms with Gasteiger partial charge in [0, 0.05) is 11.0 Å². The maximum Gasteiger partial charge on any atom is 0.115 e. The Morgan fingerprint density at radius 3 is 1.00 bits per heavy atom. The largest absolute Gasteiger partial charge is 0.356 e. The molecule has 0 atom stereocenters. The molecule has 9 heteroatoms. The van der Waals surface area contributed by atoms with Crippen LogP contribution in [0, 0.1) is 0 Å². The lowest BCUT2D eigenvalue weighted by molar-refractivity contribution is 1.59. The first-order valence-corrected chi connectivity index (χ1v) is 6.06. The van der Waals surface area contributed by atoms with Crippen molar-refractivity contribution >= 4 is 128 Å². The maximum atomic E-state index is 6.06. The van der Waals surface area contributed by atoms with Gasteiger partial charge in [-0.1, -0.05) is 21.9 Å². The smallest absolute Gasteiger partial charge is 0.115 e. The van der Waals surface area contributed by atoms with Gasteiger partial charge in [-0.3, -0.25) is 0 Å². The molecule has 0 spiro atoms. The van der Waals surface area contributed by atoms with Gasteiger partial charge in [0.25, 0.3) is 0 Å². The Morgan fingerprint density at radius 1 is 0.381 bits per heavy atom. The molecule has 0 fully saturated rings. The number of rotatable bonds is 0. The molecular weight excluding hydrogens is 245 g/mol. The van der Waals surface area contributed by atoms with Crippen molar-refractivity contribution < 1.29 is 0 Å². The van der Waals surface area contributed by atoms with Gasteiger partial charge in [0.2, 0.25) is 0 Å². The van der Waals surface area contributed by atoms with Crippen molar-refractivity contribution in [1.82, 2.24) is 4.98 Å². The maximum absolute atomic E-state index is 6.06. The minimum absolute atomic E-state index is 0.189. The van der Waals surface area contributed by atoms with Crippen LogP contribution < -0.4 is 43.7 Å². The second-order valence-corrected chi connectivity index (χ2v) is 4.93. The van der Waals surface area contributed by atoms with Crippen molar-refractivity contribution in [3.05, 3.63) is 0 Å². The highest BCUT2D eigenvalue weighted by atomic mass is 14.7. The van der Waals surface area contributed by atoms with E-state index in [1.165, 1.54) is 0 Å². The molecule has 0 amide bonds. The van der Waals surface area contributed by atoms with Crippen LogP contribution in [-0.2, 0) is 0 Å². The molecule has 0 aliphatic heterocycles. The van der Waals surface area contributed by atoms with Crippen LogP contribution in [-0.4, -0.2) is 67.8 Å². The van der Waals surface area contributed by atoms with Crippen molar-refractivity contribution in [2.45, 2.75) is 0 Å². The van der Waals surface area contributed by atoms with E-state index in [0.29, 0.717) is 21.8 Å². The van der Waals surface area contributed by atoms with Gasteiger partial charge in [-0.2, -0.15) is 0 Å². The third-order valence-electron chi connectivity index (χ3n) is 3.82. The van der Waals surface area contributed by atoms with Gasteiger partial charge in [-0.05, 0) is 10.8 Å². The van der Waals surface area contributed by atoms with E-state index in [2.05, 4.69) is 4.98 Å². The van der Waals surface area contributed by atoms with Gasteiger partial charge in [-0.25, -0.2) is 0 Å². The Bertz CT molecular complexity index is 853. The fourth-order valence-electron chi connectivity index (χ4n) is 2.56. The molecule has 3 aromatic rings. The van der Waals surface area contributed by atoms with E-state index in [-0.39, 0.29) is 43.7 Å². The van der Waals surface area contributed by atoms with E-state index in [1.807, 2.05) is 0 Å². The summed E-state index contributed by atoms with van der Waals surface area (Å²) in [6.45, 7) is 0. The van der Waals surface area contributed by atoms with Crippen molar-refractivity contribution in [3.63, 3.8) is 0 Å². The average molecular weight is 246 g/mol. The first kappa shape index (κ1) is 14.7. The van der Waals surface area contributed by atoms with E-state index in [0.717, 1.165) is 0 Å². The van der Waals surface area contributed by atoms with Crippen LogP contribution in [0.25, 0.3) is 21.8 Å². The predicted molar refractivity (Wildman–Crippen MR) is 98.9 cm³/mol. The second-order valence-electron chi connectivity index (χ2n) is 4.93. The molecule has 1 heterocycles. The first-order valence-electron chi connectivity index (χ1n) is 6.06. The van der Waals surface area contributed by atoms with Gasteiger partial charge < -0.3 is 4.98 Å². The van der Waals surface area contributed by atoms with Gasteiger partial charge in [0.15, 0.2) is 0 Å². The van der Waals surface area contributed by atoms with Crippen molar-refractivity contribution in [2.24, 2.45) is 0 Å². The Hall–Kier alpha value is -1.24. The number of benzene rings is 2. The topological polar surface area (TPSA) is 15.8 Å². The van der Waals surface area contributed by atoms with E-state index in [4.69, 9.17) is 62.8 Å². The minimum Gasteiger partial charge on any atom is -0.356 e. The number of hydrogen-bond donors (Lipinski definition) is 1. The van der Waals surface area contributed by atoms with Crippen LogP contribution in [0.2, 0.25) is 0 Å². The van der Waals surface area contributed by atoms with Gasteiger partial charge >= 0.3 is 0 Å². The van der Waals surface area contributed by atoms with Crippen molar-refractivity contribution in [2.75, 3.05) is 0 Å². The molecule has 21 heavy (non-hydrogen) atoms. The number of aromatic amines is 1. The summed E-state index contributed by atoms with van der Waals surface area (Å²) < 4.78 is 0. The summed E-state index contributed by atoms with van der Waals surface area (Å²) in [5.41, 5.74) is 2.83. The number of H-pyrrole nitrogens is 1. The molecule has 1 aromatic heterocycles. The van der Waals surface area contributed by atoms with Crippen LogP contribution in [0.4, 0.5) is 0 Å². The molecule has 0 unspecified atom stereocenters. The Morgan fingerprint density at radius 2 is 0.667 bits per heavy atom. The van der Waals surface area contributed by atoms with Crippen LogP contribution in [0.1, 0.15) is 0 Å². The van der Waals surface area contributed by atoms with Crippen LogP contribution >= 0.6 is 0 Å². The Labute approximate surface area is 133 Å². The van der Waals surface area contributed by atoms with Crippen molar-refractivity contribution in [3.8, 4) is 0 Å². The van der Waals surface area contributed by atoms with Crippen molar-refractivity contribution in [1.29, 1.82) is 0 Å². The molecule has 16 radical (unpaired) electrons. The summed E-state index contributed by atoms with van der Waals surface area (Å²) >= 11 is 0. The Kier molecular flexibility index (Phi) is 3.24.